The molecule has 0 bridgehead atoms. The highest BCUT2D eigenvalue weighted by molar-refractivity contribution is 5.82. The van der Waals surface area contributed by atoms with E-state index in [4.69, 9.17) is 0 Å². The number of aryl methyl sites for hydroxylation is 2. The van der Waals surface area contributed by atoms with Crippen LogP contribution in [0, 0.1) is 0 Å². The Kier molecular flexibility index (Phi) is 11.0. The minimum atomic E-state index is 0.999. The van der Waals surface area contributed by atoms with Crippen LogP contribution in [0.3, 0.4) is 0 Å². The van der Waals surface area contributed by atoms with Crippen LogP contribution in [0.1, 0.15) is 121 Å². The molecule has 0 amide bonds. The van der Waals surface area contributed by atoms with Gasteiger partial charge in [0, 0.05) is 22.3 Å². The number of rotatable bonds is 15. The first-order valence-corrected chi connectivity index (χ1v) is 14.3. The summed E-state index contributed by atoms with van der Waals surface area (Å²) in [6, 6.07) is 17.8. The normalized spacial score (nSPS) is 13.9. The Balaban J connectivity index is 2.02. The molecule has 2 aromatic carbocycles. The molecule has 0 unspecified atom stereocenters. The van der Waals surface area contributed by atoms with Crippen LogP contribution in [0.2, 0.25) is 0 Å². The Morgan fingerprint density at radius 1 is 0.543 bits per heavy atom. The summed E-state index contributed by atoms with van der Waals surface area (Å²) in [5.74, 6) is 0. The number of benzene rings is 2. The van der Waals surface area contributed by atoms with Crippen LogP contribution in [0.25, 0.3) is 16.9 Å². The third-order valence-corrected chi connectivity index (χ3v) is 7.24. The molecule has 0 aromatic heterocycles. The first-order valence-electron chi connectivity index (χ1n) is 14.3. The number of hydrogen-bond acceptors (Lipinski definition) is 0. The highest BCUT2D eigenvalue weighted by Gasteiger charge is 2.35. The second-order valence-electron chi connectivity index (χ2n) is 10.1. The summed E-state index contributed by atoms with van der Waals surface area (Å²) in [5.41, 5.74) is 21.4. The Labute approximate surface area is 214 Å². The summed E-state index contributed by atoms with van der Waals surface area (Å²) in [4.78, 5) is 0. The van der Waals surface area contributed by atoms with Crippen molar-refractivity contribution in [1.82, 2.24) is 0 Å². The third kappa shape index (κ3) is 7.03. The molecule has 2 nitrogen and oxygen atoms in total. The number of nitrogens with zero attached hydrogens (tertiary/aromatic N) is 2. The zero-order valence-corrected chi connectivity index (χ0v) is 22.7. The van der Waals surface area contributed by atoms with Crippen molar-refractivity contribution >= 4 is 11.4 Å². The summed E-state index contributed by atoms with van der Waals surface area (Å²) in [7, 11) is 0. The lowest BCUT2D eigenvalue weighted by Gasteiger charge is -2.11. The van der Waals surface area contributed by atoms with E-state index in [-0.39, 0.29) is 0 Å². The third-order valence-electron chi connectivity index (χ3n) is 7.24. The van der Waals surface area contributed by atoms with Crippen LogP contribution >= 0.6 is 0 Å². The van der Waals surface area contributed by atoms with Gasteiger partial charge in [0.2, 0.25) is 11.4 Å². The molecule has 0 N–H and O–H groups in total. The first kappa shape index (κ1) is 27.1. The van der Waals surface area contributed by atoms with Gasteiger partial charge in [0.1, 0.15) is 0 Å². The highest BCUT2D eigenvalue weighted by atomic mass is 15.2. The lowest BCUT2D eigenvalue weighted by atomic mass is 9.91. The van der Waals surface area contributed by atoms with Crippen LogP contribution in [-0.4, -0.2) is 4.70 Å². The fourth-order valence-electron chi connectivity index (χ4n) is 5.16. The van der Waals surface area contributed by atoms with Crippen molar-refractivity contribution < 1.29 is 4.70 Å². The zero-order valence-electron chi connectivity index (χ0n) is 22.7. The van der Waals surface area contributed by atoms with Crippen LogP contribution in [0.5, 0.6) is 0 Å². The van der Waals surface area contributed by atoms with E-state index in [2.05, 4.69) is 76.2 Å². The van der Waals surface area contributed by atoms with Crippen molar-refractivity contribution in [3.05, 3.63) is 87.5 Å². The molecule has 2 aromatic rings. The van der Waals surface area contributed by atoms with E-state index >= 15 is 0 Å². The van der Waals surface area contributed by atoms with Gasteiger partial charge in [-0.2, -0.15) is 0 Å². The Morgan fingerprint density at radius 2 is 1.09 bits per heavy atom. The molecule has 1 heterocycles. The van der Waals surface area contributed by atoms with Crippen molar-refractivity contribution in [1.29, 1.82) is 0 Å². The molecule has 0 aliphatic carbocycles. The highest BCUT2D eigenvalue weighted by Crippen LogP contribution is 2.44. The van der Waals surface area contributed by atoms with Gasteiger partial charge in [0.15, 0.2) is 0 Å². The summed E-state index contributed by atoms with van der Waals surface area (Å²) < 4.78 is 1.53. The van der Waals surface area contributed by atoms with Crippen molar-refractivity contribution in [2.75, 3.05) is 0 Å². The van der Waals surface area contributed by atoms with E-state index in [0.717, 1.165) is 73.9 Å². The second kappa shape index (κ2) is 14.2. The molecule has 0 atom stereocenters. The maximum atomic E-state index is 11.7. The van der Waals surface area contributed by atoms with Crippen molar-refractivity contribution in [3.8, 4) is 0 Å². The van der Waals surface area contributed by atoms with Gasteiger partial charge in [0.25, 0.3) is 0 Å². The molecule has 0 saturated carbocycles. The molecule has 1 aliphatic rings. The summed E-state index contributed by atoms with van der Waals surface area (Å²) in [6.07, 6.45) is 15.0. The van der Waals surface area contributed by atoms with E-state index in [1.807, 2.05) is 0 Å². The van der Waals surface area contributed by atoms with Crippen LogP contribution in [-0.2, 0) is 12.8 Å². The Bertz CT molecular complexity index is 1020. The SMILES string of the molecule is CCCCCc1ccc(C2=C(CCCC)C(CCCC)=C(c3cccc(CCCC)c3)[N+]2=[N-])cc1. The number of allylic oxidation sites excluding steroid dienone is 2. The van der Waals surface area contributed by atoms with Gasteiger partial charge in [-0.1, -0.05) is 84.1 Å². The molecule has 0 saturated heterocycles. The monoisotopic (exact) mass is 470 g/mol. The second-order valence-corrected chi connectivity index (χ2v) is 10.1. The van der Waals surface area contributed by atoms with E-state index in [9.17, 15) is 5.53 Å². The fourth-order valence-corrected chi connectivity index (χ4v) is 5.16. The molecular formula is C33H46N2. The fraction of sp³-hybridized carbons (Fsp3) is 0.515. The molecule has 188 valence electrons. The van der Waals surface area contributed by atoms with E-state index < -0.39 is 0 Å². The predicted molar refractivity (Wildman–Crippen MR) is 151 cm³/mol. The minimum absolute atomic E-state index is 0.999. The van der Waals surface area contributed by atoms with Gasteiger partial charge in [-0.15, -0.1) is 0 Å². The molecule has 2 heteroatoms. The van der Waals surface area contributed by atoms with Gasteiger partial charge in [-0.05, 0) is 86.8 Å². The number of unbranched alkanes of at least 4 members (excludes halogenated alkanes) is 5. The maximum Gasteiger partial charge on any atom is 0.211 e. The summed E-state index contributed by atoms with van der Waals surface area (Å²) in [6.45, 7) is 9.01. The zero-order chi connectivity index (χ0) is 25.0. The van der Waals surface area contributed by atoms with Crippen molar-refractivity contribution in [2.45, 2.75) is 111 Å². The Morgan fingerprint density at radius 3 is 1.69 bits per heavy atom. The molecule has 35 heavy (non-hydrogen) atoms. The molecule has 0 radical (unpaired) electrons. The van der Waals surface area contributed by atoms with Gasteiger partial charge >= 0.3 is 0 Å². The maximum absolute atomic E-state index is 11.7. The number of hydrogen-bond donors (Lipinski definition) is 0. The average molecular weight is 471 g/mol. The van der Waals surface area contributed by atoms with Crippen molar-refractivity contribution in [3.63, 3.8) is 0 Å². The average Bonchev–Trinajstić information content (AvgIpc) is 3.16. The van der Waals surface area contributed by atoms with Gasteiger partial charge in [-0.3, -0.25) is 0 Å². The molecule has 3 rings (SSSR count). The molecule has 0 fully saturated rings. The summed E-state index contributed by atoms with van der Waals surface area (Å²) in [5, 5.41) is 0. The smallest absolute Gasteiger partial charge is 0.211 e. The van der Waals surface area contributed by atoms with E-state index in [1.165, 1.54) is 59.1 Å². The van der Waals surface area contributed by atoms with Crippen LogP contribution in [0.4, 0.5) is 0 Å². The summed E-state index contributed by atoms with van der Waals surface area (Å²) >= 11 is 0. The Hall–Kier alpha value is -2.48. The van der Waals surface area contributed by atoms with Crippen LogP contribution < -0.4 is 0 Å². The van der Waals surface area contributed by atoms with Gasteiger partial charge in [-0.25, -0.2) is 4.70 Å². The van der Waals surface area contributed by atoms with Crippen molar-refractivity contribution in [2.24, 2.45) is 0 Å². The largest absolute Gasteiger partial charge is 0.493 e. The van der Waals surface area contributed by atoms with Crippen LogP contribution in [0.15, 0.2) is 59.7 Å². The van der Waals surface area contributed by atoms with Gasteiger partial charge < -0.3 is 5.53 Å². The molecule has 1 aliphatic heterocycles. The molecule has 0 spiro atoms. The van der Waals surface area contributed by atoms with E-state index in [1.54, 1.807) is 0 Å². The lowest BCUT2D eigenvalue weighted by molar-refractivity contribution is -0.345. The first-order chi connectivity index (χ1) is 17.1. The van der Waals surface area contributed by atoms with Gasteiger partial charge in [0.05, 0.1) is 0 Å². The van der Waals surface area contributed by atoms with E-state index in [0.29, 0.717) is 0 Å². The molecular weight excluding hydrogens is 424 g/mol. The lowest BCUT2D eigenvalue weighted by Crippen LogP contribution is -2.03. The topological polar surface area (TPSA) is 25.3 Å². The minimum Gasteiger partial charge on any atom is -0.493 e. The quantitative estimate of drug-likeness (QED) is 0.183. The predicted octanol–water partition coefficient (Wildman–Crippen LogP) is 10.3. The standard InChI is InChI=1S/C33H46N2/c1-5-9-13-16-26-21-23-28(24-22-26)32-30(19-11-7-3)31(20-12-8-4)33(35(32)34)29-18-14-17-27(25-29)15-10-6-2/h14,17-18,21-25H,5-13,15-16,19-20H2,1-4H3.